The Morgan fingerprint density at radius 3 is 2.17 bits per heavy atom. The van der Waals surface area contributed by atoms with Gasteiger partial charge in [-0.25, -0.2) is 0 Å². The predicted molar refractivity (Wildman–Crippen MR) is 248 cm³/mol. The Labute approximate surface area is 387 Å². The highest BCUT2D eigenvalue weighted by atomic mass is 35.5. The average Bonchev–Trinajstić information content (AvgIpc) is 3.82. The Bertz CT molecular complexity index is 2590. The number of likely N-dealkylation sites (N-methyl/N-ethyl adjacent to an activating group) is 1. The van der Waals surface area contributed by atoms with Crippen molar-refractivity contribution in [3.8, 4) is 33.8 Å². The maximum Gasteiger partial charge on any atom is 0.226 e. The van der Waals surface area contributed by atoms with E-state index in [4.69, 9.17) is 17.3 Å². The number of phenols is 2. The first-order valence-electron chi connectivity index (χ1n) is 22.0. The summed E-state index contributed by atoms with van der Waals surface area (Å²) in [6, 6.07) is 20.7. The predicted octanol–water partition coefficient (Wildman–Crippen LogP) is 6.94. The number of hydrogen-bond acceptors (Lipinski definition) is 11. The first kappa shape index (κ1) is 48.7. The number of amides is 2. The minimum Gasteiger partial charge on any atom is -0.507 e. The zero-order valence-electron chi connectivity index (χ0n) is 37.1. The lowest BCUT2D eigenvalue weighted by atomic mass is 9.87. The standard InChI is InChI=1S/C51H54ClN5O9/c1-29(49(64)47(63)24-32-27-54-55-28-32)20-45(61)41-23-31-7-17-42(58)39(22-31)40-25-36(14-18-43(40)59)48(46(62)21-30(2)50(65)56-41)57(3)51(66)37(6-4-5-19-53)26-44(60)35-10-8-33(9-11-35)34-12-15-38(52)16-13-34/h7-18,22,25,27-30,37,41,48,58-59H,4-6,19-21,23-24,26,53H2,1-3H3,(H,54,55)(H,56,65)/t29-,30-,37-,41+,48+/m1/s1. The van der Waals surface area contributed by atoms with Gasteiger partial charge in [-0.15, -0.1) is 0 Å². The summed E-state index contributed by atoms with van der Waals surface area (Å²) < 4.78 is 0. The third-order valence-electron chi connectivity index (χ3n) is 12.1. The van der Waals surface area contributed by atoms with Crippen LogP contribution in [-0.2, 0) is 41.6 Å². The summed E-state index contributed by atoms with van der Waals surface area (Å²) in [7, 11) is 1.46. The number of Topliss-reactive ketones (excluding diaryl/α,β-unsaturated/α-hetero) is 5. The summed E-state index contributed by atoms with van der Waals surface area (Å²) in [5, 5.41) is 32.1. The fraction of sp³-hybridized carbons (Fsp3) is 0.333. The van der Waals surface area contributed by atoms with Gasteiger partial charge in [0.05, 0.1) is 12.2 Å². The molecule has 1 aromatic heterocycles. The van der Waals surface area contributed by atoms with Crippen LogP contribution in [-0.4, -0.2) is 85.7 Å². The molecule has 6 N–H and O–H groups in total. The molecule has 6 rings (SSSR count). The van der Waals surface area contributed by atoms with Crippen molar-refractivity contribution >= 4 is 52.3 Å². The number of hydrogen-bond donors (Lipinski definition) is 5. The molecule has 2 amide bonds. The number of benzene rings is 4. The average molecular weight is 916 g/mol. The molecule has 344 valence electrons. The number of nitrogens with one attached hydrogen (secondary N) is 2. The molecule has 0 saturated carbocycles. The number of carbonyl (C=O) groups is 7. The van der Waals surface area contributed by atoms with Gasteiger partial charge < -0.3 is 26.2 Å². The smallest absolute Gasteiger partial charge is 0.226 e. The maximum atomic E-state index is 14.7. The van der Waals surface area contributed by atoms with E-state index in [1.165, 1.54) is 62.5 Å². The van der Waals surface area contributed by atoms with Crippen molar-refractivity contribution in [2.24, 2.45) is 23.5 Å². The quantitative estimate of drug-likeness (QED) is 0.0365. The Balaban J connectivity index is 1.29. The number of H-pyrrole nitrogens is 1. The minimum atomic E-state index is -1.31. The SMILES string of the molecule is C[C@@H]1CC(=O)[C@@H](N(C)C(=O)[C@H](CCCCN)CC(=O)c2ccc(-c3ccc(Cl)cc3)cc2)c2ccc(O)c(c2)-c2cc(ccc2O)C[C@@H](C(=O)C[C@@H](C)C(=O)C(=O)Cc2cn[nH]c2)NC1=O. The van der Waals surface area contributed by atoms with Crippen LogP contribution in [0.3, 0.4) is 0 Å². The second kappa shape index (κ2) is 21.9. The summed E-state index contributed by atoms with van der Waals surface area (Å²) in [5.41, 5.74) is 9.58. The second-order valence-electron chi connectivity index (χ2n) is 17.2. The molecule has 4 bridgehead atoms. The molecule has 14 nitrogen and oxygen atoms in total. The van der Waals surface area contributed by atoms with Crippen LogP contribution in [0.4, 0.5) is 0 Å². The number of carbonyl (C=O) groups excluding carboxylic acids is 7. The number of fused-ring (bicyclic) bond motifs is 5. The van der Waals surface area contributed by atoms with Crippen molar-refractivity contribution in [1.82, 2.24) is 20.4 Å². The second-order valence-corrected chi connectivity index (χ2v) is 17.6. The summed E-state index contributed by atoms with van der Waals surface area (Å²) in [4.78, 5) is 98.2. The lowest BCUT2D eigenvalue weighted by Gasteiger charge is -2.32. The third kappa shape index (κ3) is 11.9. The number of ketones is 5. The molecule has 15 heteroatoms. The third-order valence-corrected chi connectivity index (χ3v) is 12.4. The van der Waals surface area contributed by atoms with E-state index in [9.17, 15) is 43.8 Å². The van der Waals surface area contributed by atoms with E-state index >= 15 is 0 Å². The van der Waals surface area contributed by atoms with Crippen LogP contribution in [0.5, 0.6) is 11.5 Å². The number of unbranched alkanes of at least 4 members (excludes halogenated alkanes) is 1. The molecule has 0 aliphatic carbocycles. The van der Waals surface area contributed by atoms with Gasteiger partial charge in [0, 0.05) is 78.4 Å². The Morgan fingerprint density at radius 1 is 0.864 bits per heavy atom. The van der Waals surface area contributed by atoms with E-state index in [1.54, 1.807) is 36.4 Å². The molecule has 0 fully saturated rings. The van der Waals surface area contributed by atoms with Gasteiger partial charge in [-0.1, -0.05) is 80.4 Å². The molecule has 1 aliphatic heterocycles. The molecule has 0 unspecified atom stereocenters. The van der Waals surface area contributed by atoms with Crippen molar-refractivity contribution in [3.63, 3.8) is 0 Å². The van der Waals surface area contributed by atoms with Crippen molar-refractivity contribution in [2.45, 2.75) is 77.3 Å². The van der Waals surface area contributed by atoms with Crippen molar-refractivity contribution in [3.05, 3.63) is 125 Å². The molecular formula is C51H54ClN5O9. The number of nitrogens with two attached hydrogens (primary N) is 1. The van der Waals surface area contributed by atoms with E-state index in [2.05, 4.69) is 15.5 Å². The van der Waals surface area contributed by atoms with Gasteiger partial charge in [0.2, 0.25) is 23.4 Å². The fourth-order valence-corrected chi connectivity index (χ4v) is 8.47. The molecule has 5 atom stereocenters. The van der Waals surface area contributed by atoms with Crippen LogP contribution in [0.1, 0.15) is 85.5 Å². The Kier molecular flexibility index (Phi) is 16.2. The molecule has 4 aromatic carbocycles. The molecular weight excluding hydrogens is 862 g/mol. The number of nitrogens with zero attached hydrogens (tertiary/aromatic N) is 2. The molecule has 0 saturated heterocycles. The number of halogens is 1. The van der Waals surface area contributed by atoms with Crippen LogP contribution in [0.15, 0.2) is 97.3 Å². The molecule has 66 heavy (non-hydrogen) atoms. The van der Waals surface area contributed by atoms with Gasteiger partial charge in [0.1, 0.15) is 17.5 Å². The van der Waals surface area contributed by atoms with Gasteiger partial charge in [-0.05, 0) is 90.0 Å². The lowest BCUT2D eigenvalue weighted by molar-refractivity contribution is -0.142. The highest BCUT2D eigenvalue weighted by Crippen LogP contribution is 2.40. The minimum absolute atomic E-state index is 0.0839. The first-order chi connectivity index (χ1) is 31.5. The molecule has 1 aliphatic rings. The van der Waals surface area contributed by atoms with E-state index in [-0.39, 0.29) is 66.1 Å². The summed E-state index contributed by atoms with van der Waals surface area (Å²) in [5.74, 6) is -7.29. The molecule has 0 spiro atoms. The van der Waals surface area contributed by atoms with E-state index in [0.29, 0.717) is 47.5 Å². The van der Waals surface area contributed by atoms with Gasteiger partial charge in [0.25, 0.3) is 0 Å². The topological polar surface area (TPSA) is 230 Å². The lowest BCUT2D eigenvalue weighted by Crippen LogP contribution is -2.46. The summed E-state index contributed by atoms with van der Waals surface area (Å²) in [6.45, 7) is 3.36. The van der Waals surface area contributed by atoms with Crippen LogP contribution in [0.2, 0.25) is 5.02 Å². The van der Waals surface area contributed by atoms with Crippen LogP contribution >= 0.6 is 11.6 Å². The van der Waals surface area contributed by atoms with Gasteiger partial charge >= 0.3 is 0 Å². The first-order valence-corrected chi connectivity index (χ1v) is 22.3. The fourth-order valence-electron chi connectivity index (χ4n) is 8.35. The van der Waals surface area contributed by atoms with Gasteiger partial charge in [-0.3, -0.25) is 38.7 Å². The van der Waals surface area contributed by atoms with Crippen molar-refractivity contribution in [1.29, 1.82) is 0 Å². The summed E-state index contributed by atoms with van der Waals surface area (Å²) >= 11 is 6.06. The number of aromatic nitrogens is 2. The van der Waals surface area contributed by atoms with Crippen LogP contribution < -0.4 is 11.1 Å². The number of aromatic hydroxyl groups is 2. The summed E-state index contributed by atoms with van der Waals surface area (Å²) in [6.07, 6.45) is 3.16. The van der Waals surface area contributed by atoms with Gasteiger partial charge in [0.15, 0.2) is 17.3 Å². The monoisotopic (exact) mass is 915 g/mol. The van der Waals surface area contributed by atoms with Gasteiger partial charge in [-0.2, -0.15) is 5.10 Å². The number of phenolic OH excluding ortho intramolecular Hbond substituents is 2. The van der Waals surface area contributed by atoms with E-state index < -0.39 is 64.8 Å². The number of rotatable bonds is 17. The van der Waals surface area contributed by atoms with Crippen LogP contribution in [0.25, 0.3) is 22.3 Å². The highest BCUT2D eigenvalue weighted by Gasteiger charge is 2.36. The van der Waals surface area contributed by atoms with E-state index in [0.717, 1.165) is 11.1 Å². The van der Waals surface area contributed by atoms with Crippen molar-refractivity contribution in [2.75, 3.05) is 13.6 Å². The number of aromatic amines is 1. The highest BCUT2D eigenvalue weighted by molar-refractivity contribution is 6.38. The molecule has 0 radical (unpaired) electrons. The van der Waals surface area contributed by atoms with E-state index in [1.807, 2.05) is 24.3 Å². The van der Waals surface area contributed by atoms with Crippen molar-refractivity contribution < 1.29 is 43.8 Å². The zero-order chi connectivity index (χ0) is 47.7. The molecule has 2 heterocycles. The largest absolute Gasteiger partial charge is 0.507 e. The Morgan fingerprint density at radius 2 is 1.52 bits per heavy atom. The normalized spacial score (nSPS) is 17.2. The maximum absolute atomic E-state index is 14.7. The Hall–Kier alpha value is -6.77. The molecule has 5 aromatic rings. The zero-order valence-corrected chi connectivity index (χ0v) is 37.8. The van der Waals surface area contributed by atoms with Crippen LogP contribution in [0, 0.1) is 17.8 Å².